The second-order valence-corrected chi connectivity index (χ2v) is 5.89. The van der Waals surface area contributed by atoms with Crippen molar-refractivity contribution in [2.45, 2.75) is 26.3 Å². The maximum absolute atomic E-state index is 5.96. The third-order valence-electron chi connectivity index (χ3n) is 4.00. The molecule has 0 spiro atoms. The van der Waals surface area contributed by atoms with Gasteiger partial charge in [0, 0.05) is 31.7 Å². The van der Waals surface area contributed by atoms with E-state index < -0.39 is 0 Å². The molecule has 0 unspecified atom stereocenters. The normalized spacial score (nSPS) is 16.1. The largest absolute Gasteiger partial charge is 0.492 e. The third-order valence-corrected chi connectivity index (χ3v) is 4.00. The minimum atomic E-state index is 0.492. The molecular weight excluding hydrogens is 304 g/mol. The Kier molecular flexibility index (Phi) is 8.41. The van der Waals surface area contributed by atoms with Crippen molar-refractivity contribution in [1.82, 2.24) is 10.2 Å². The molecule has 24 heavy (non-hydrogen) atoms. The van der Waals surface area contributed by atoms with Gasteiger partial charge in [0.1, 0.15) is 12.4 Å². The smallest absolute Gasteiger partial charge is 0.188 e. The van der Waals surface area contributed by atoms with Gasteiger partial charge in [-0.2, -0.15) is 0 Å². The second-order valence-electron chi connectivity index (χ2n) is 5.89. The van der Waals surface area contributed by atoms with Gasteiger partial charge >= 0.3 is 0 Å². The number of para-hydroxylation sites is 1. The topological polar surface area (TPSA) is 72.1 Å². The fourth-order valence-corrected chi connectivity index (χ4v) is 2.50. The highest BCUT2D eigenvalue weighted by Gasteiger charge is 2.10. The van der Waals surface area contributed by atoms with E-state index in [1.54, 1.807) is 0 Å². The van der Waals surface area contributed by atoms with Crippen LogP contribution < -0.4 is 15.8 Å². The first-order valence-corrected chi connectivity index (χ1v) is 8.84. The zero-order valence-corrected chi connectivity index (χ0v) is 14.7. The summed E-state index contributed by atoms with van der Waals surface area (Å²) in [6, 6.07) is 8.01. The molecule has 2 rings (SSSR count). The number of nitrogens with zero attached hydrogens (tertiary/aromatic N) is 2. The summed E-state index contributed by atoms with van der Waals surface area (Å²) >= 11 is 0. The Morgan fingerprint density at radius 2 is 2.12 bits per heavy atom. The molecule has 1 heterocycles. The Morgan fingerprint density at radius 1 is 1.33 bits per heavy atom. The summed E-state index contributed by atoms with van der Waals surface area (Å²) in [5.74, 6) is 1.38. The lowest BCUT2D eigenvalue weighted by Crippen LogP contribution is -2.38. The SMILES string of the molecule is CCCCNC(N)=NCc1ccccc1OCCN1CCOCC1. The number of aliphatic imine (C=N–C) groups is 1. The van der Waals surface area contributed by atoms with E-state index in [9.17, 15) is 0 Å². The van der Waals surface area contributed by atoms with Crippen molar-refractivity contribution in [2.75, 3.05) is 46.0 Å². The summed E-state index contributed by atoms with van der Waals surface area (Å²) in [6.07, 6.45) is 2.23. The van der Waals surface area contributed by atoms with Crippen LogP contribution >= 0.6 is 0 Å². The standard InChI is InChI=1S/C18H30N4O2/c1-2-3-8-20-18(19)21-15-16-6-4-5-7-17(16)24-14-11-22-9-12-23-13-10-22/h4-7H,2-3,8-15H2,1H3,(H3,19,20,21). The van der Waals surface area contributed by atoms with Crippen LogP contribution in [0.3, 0.4) is 0 Å². The molecule has 6 heteroatoms. The number of unbranched alkanes of at least 4 members (excludes halogenated alkanes) is 1. The number of morpholine rings is 1. The van der Waals surface area contributed by atoms with Gasteiger partial charge in [-0.15, -0.1) is 0 Å². The van der Waals surface area contributed by atoms with Crippen LogP contribution in [0.5, 0.6) is 5.75 Å². The molecule has 1 aliphatic heterocycles. The van der Waals surface area contributed by atoms with E-state index in [0.29, 0.717) is 19.1 Å². The van der Waals surface area contributed by atoms with Gasteiger partial charge < -0.3 is 20.5 Å². The molecule has 1 saturated heterocycles. The number of hydrogen-bond acceptors (Lipinski definition) is 4. The summed E-state index contributed by atoms with van der Waals surface area (Å²) < 4.78 is 11.3. The molecular formula is C18H30N4O2. The number of rotatable bonds is 9. The highest BCUT2D eigenvalue weighted by molar-refractivity contribution is 5.77. The van der Waals surface area contributed by atoms with Gasteiger partial charge in [0.15, 0.2) is 5.96 Å². The molecule has 0 atom stereocenters. The third kappa shape index (κ3) is 6.76. The maximum Gasteiger partial charge on any atom is 0.188 e. The van der Waals surface area contributed by atoms with E-state index in [-0.39, 0.29) is 0 Å². The van der Waals surface area contributed by atoms with E-state index in [1.165, 1.54) is 0 Å². The van der Waals surface area contributed by atoms with Gasteiger partial charge in [-0.1, -0.05) is 31.5 Å². The van der Waals surface area contributed by atoms with Crippen molar-refractivity contribution in [3.8, 4) is 5.75 Å². The van der Waals surface area contributed by atoms with Gasteiger partial charge in [0.2, 0.25) is 0 Å². The fourth-order valence-electron chi connectivity index (χ4n) is 2.50. The lowest BCUT2D eigenvalue weighted by Gasteiger charge is -2.26. The Bertz CT molecular complexity index is 502. The van der Waals surface area contributed by atoms with Crippen molar-refractivity contribution in [2.24, 2.45) is 10.7 Å². The van der Waals surface area contributed by atoms with Crippen LogP contribution in [0.1, 0.15) is 25.3 Å². The minimum Gasteiger partial charge on any atom is -0.492 e. The predicted molar refractivity (Wildman–Crippen MR) is 97.4 cm³/mol. The van der Waals surface area contributed by atoms with Crippen molar-refractivity contribution in [1.29, 1.82) is 0 Å². The Balaban J connectivity index is 1.79. The Hall–Kier alpha value is -1.79. The predicted octanol–water partition coefficient (Wildman–Crippen LogP) is 1.60. The van der Waals surface area contributed by atoms with Crippen LogP contribution in [-0.4, -0.2) is 56.9 Å². The van der Waals surface area contributed by atoms with Gasteiger partial charge in [0.25, 0.3) is 0 Å². The molecule has 0 aromatic heterocycles. The molecule has 0 bridgehead atoms. The van der Waals surface area contributed by atoms with Gasteiger partial charge in [-0.05, 0) is 12.5 Å². The first-order valence-electron chi connectivity index (χ1n) is 8.84. The fraction of sp³-hybridized carbons (Fsp3) is 0.611. The van der Waals surface area contributed by atoms with Gasteiger partial charge in [-0.25, -0.2) is 4.99 Å². The molecule has 1 aromatic carbocycles. The number of hydrogen-bond donors (Lipinski definition) is 2. The number of benzene rings is 1. The van der Waals surface area contributed by atoms with Crippen LogP contribution in [0, 0.1) is 0 Å². The minimum absolute atomic E-state index is 0.492. The van der Waals surface area contributed by atoms with Crippen molar-refractivity contribution in [3.63, 3.8) is 0 Å². The van der Waals surface area contributed by atoms with Crippen LogP contribution in [-0.2, 0) is 11.3 Å². The lowest BCUT2D eigenvalue weighted by molar-refractivity contribution is 0.0322. The van der Waals surface area contributed by atoms with Crippen molar-refractivity contribution < 1.29 is 9.47 Å². The lowest BCUT2D eigenvalue weighted by atomic mass is 10.2. The highest BCUT2D eigenvalue weighted by Crippen LogP contribution is 2.18. The van der Waals surface area contributed by atoms with Crippen LogP contribution in [0.2, 0.25) is 0 Å². The van der Waals surface area contributed by atoms with Crippen LogP contribution in [0.15, 0.2) is 29.3 Å². The van der Waals surface area contributed by atoms with E-state index in [2.05, 4.69) is 22.1 Å². The van der Waals surface area contributed by atoms with Gasteiger partial charge in [-0.3, -0.25) is 4.90 Å². The first kappa shape index (κ1) is 18.5. The molecule has 0 radical (unpaired) electrons. The number of ether oxygens (including phenoxy) is 2. The number of guanidine groups is 1. The quantitative estimate of drug-likeness (QED) is 0.408. The molecule has 134 valence electrons. The highest BCUT2D eigenvalue weighted by atomic mass is 16.5. The van der Waals surface area contributed by atoms with E-state index in [0.717, 1.165) is 63.5 Å². The number of nitrogens with two attached hydrogens (primary N) is 1. The van der Waals surface area contributed by atoms with E-state index >= 15 is 0 Å². The Labute approximate surface area is 145 Å². The molecule has 1 aliphatic rings. The van der Waals surface area contributed by atoms with E-state index in [4.69, 9.17) is 15.2 Å². The molecule has 6 nitrogen and oxygen atoms in total. The average Bonchev–Trinajstić information content (AvgIpc) is 2.62. The second kappa shape index (κ2) is 10.9. The van der Waals surface area contributed by atoms with Crippen LogP contribution in [0.25, 0.3) is 0 Å². The van der Waals surface area contributed by atoms with Crippen molar-refractivity contribution in [3.05, 3.63) is 29.8 Å². The molecule has 1 fully saturated rings. The summed E-state index contributed by atoms with van der Waals surface area (Å²) in [6.45, 7) is 8.73. The van der Waals surface area contributed by atoms with Crippen LogP contribution in [0.4, 0.5) is 0 Å². The summed E-state index contributed by atoms with van der Waals surface area (Å²) in [4.78, 5) is 6.76. The van der Waals surface area contributed by atoms with Crippen molar-refractivity contribution >= 4 is 5.96 Å². The number of nitrogens with one attached hydrogen (secondary N) is 1. The summed E-state index contributed by atoms with van der Waals surface area (Å²) in [5, 5.41) is 3.13. The van der Waals surface area contributed by atoms with Gasteiger partial charge in [0.05, 0.1) is 19.8 Å². The molecule has 0 saturated carbocycles. The molecule has 0 amide bonds. The molecule has 0 aliphatic carbocycles. The molecule has 1 aromatic rings. The zero-order chi connectivity index (χ0) is 17.0. The summed E-state index contributed by atoms with van der Waals surface area (Å²) in [7, 11) is 0. The Morgan fingerprint density at radius 3 is 2.92 bits per heavy atom. The maximum atomic E-state index is 5.96. The molecule has 3 N–H and O–H groups in total. The first-order chi connectivity index (χ1) is 11.8. The zero-order valence-electron chi connectivity index (χ0n) is 14.7. The summed E-state index contributed by atoms with van der Waals surface area (Å²) in [5.41, 5.74) is 6.94. The average molecular weight is 334 g/mol. The monoisotopic (exact) mass is 334 g/mol. The van der Waals surface area contributed by atoms with E-state index in [1.807, 2.05) is 24.3 Å².